The minimum atomic E-state index is -0.625. The maximum atomic E-state index is 12.4. The van der Waals surface area contributed by atoms with Gasteiger partial charge in [-0.15, -0.1) is 0 Å². The molecule has 0 atom stereocenters. The van der Waals surface area contributed by atoms with Gasteiger partial charge in [0.25, 0.3) is 0 Å². The van der Waals surface area contributed by atoms with Crippen molar-refractivity contribution in [1.29, 1.82) is 0 Å². The van der Waals surface area contributed by atoms with E-state index in [1.165, 1.54) is 0 Å². The van der Waals surface area contributed by atoms with Gasteiger partial charge in [-0.25, -0.2) is 4.79 Å². The maximum absolute atomic E-state index is 12.4. The van der Waals surface area contributed by atoms with Crippen LogP contribution in [0.1, 0.15) is 11.3 Å². The van der Waals surface area contributed by atoms with E-state index in [1.807, 2.05) is 18.2 Å². The molecule has 7 heteroatoms. The first-order valence-corrected chi connectivity index (χ1v) is 8.56. The van der Waals surface area contributed by atoms with Crippen molar-refractivity contribution < 1.29 is 19.0 Å². The smallest absolute Gasteiger partial charge is 0.412 e. The number of benzene rings is 2. The molecule has 2 heterocycles. The number of amides is 1. The number of para-hydroxylation sites is 1. The zero-order chi connectivity index (χ0) is 18.8. The van der Waals surface area contributed by atoms with Gasteiger partial charge in [-0.3, -0.25) is 10.1 Å². The predicted octanol–water partition coefficient (Wildman–Crippen LogP) is 3.36. The van der Waals surface area contributed by atoms with Crippen LogP contribution in [0.25, 0.3) is 10.9 Å². The highest BCUT2D eigenvalue weighted by Crippen LogP contribution is 2.32. The van der Waals surface area contributed by atoms with E-state index in [-0.39, 0.29) is 12.0 Å². The largest absolute Gasteiger partial charge is 0.486 e. The van der Waals surface area contributed by atoms with Crippen LogP contribution in [0, 0.1) is 6.92 Å². The number of hydrogen-bond donors (Lipinski definition) is 2. The molecule has 0 aliphatic carbocycles. The van der Waals surface area contributed by atoms with Crippen molar-refractivity contribution in [2.24, 2.45) is 0 Å². The van der Waals surface area contributed by atoms with Crippen LogP contribution in [0.3, 0.4) is 0 Å². The van der Waals surface area contributed by atoms with E-state index in [1.54, 1.807) is 31.2 Å². The molecule has 0 spiro atoms. The Morgan fingerprint density at radius 3 is 2.78 bits per heavy atom. The van der Waals surface area contributed by atoms with Crippen molar-refractivity contribution in [2.45, 2.75) is 13.5 Å². The fourth-order valence-corrected chi connectivity index (χ4v) is 2.94. The summed E-state index contributed by atoms with van der Waals surface area (Å²) >= 11 is 0. The lowest BCUT2D eigenvalue weighted by Gasteiger charge is -2.19. The van der Waals surface area contributed by atoms with Crippen molar-refractivity contribution in [3.05, 3.63) is 63.9 Å². The number of pyridine rings is 1. The molecule has 138 valence electrons. The number of rotatable bonds is 3. The third-order valence-corrected chi connectivity index (χ3v) is 4.39. The SMILES string of the molecule is Cc1c(COC(=O)Nc2ccc3c(c2)OCCO3)[nH]c2ccccc2c1=O. The number of nitrogens with one attached hydrogen (secondary N) is 2. The van der Waals surface area contributed by atoms with Crippen molar-refractivity contribution >= 4 is 22.7 Å². The van der Waals surface area contributed by atoms with Crippen molar-refractivity contribution in [3.8, 4) is 11.5 Å². The highest BCUT2D eigenvalue weighted by atomic mass is 16.6. The highest BCUT2D eigenvalue weighted by molar-refractivity contribution is 5.85. The number of aromatic nitrogens is 1. The number of anilines is 1. The number of carbonyl (C=O) groups is 1. The molecule has 0 saturated heterocycles. The van der Waals surface area contributed by atoms with Crippen LogP contribution in [-0.2, 0) is 11.3 Å². The fourth-order valence-electron chi connectivity index (χ4n) is 2.94. The third kappa shape index (κ3) is 3.44. The summed E-state index contributed by atoms with van der Waals surface area (Å²) in [5.41, 5.74) is 2.26. The minimum absolute atomic E-state index is 0.0394. The third-order valence-electron chi connectivity index (χ3n) is 4.39. The van der Waals surface area contributed by atoms with Gasteiger partial charge in [0.15, 0.2) is 16.9 Å². The lowest BCUT2D eigenvalue weighted by Crippen LogP contribution is -2.18. The molecule has 7 nitrogen and oxygen atoms in total. The molecule has 1 aliphatic rings. The van der Waals surface area contributed by atoms with E-state index in [4.69, 9.17) is 14.2 Å². The molecule has 3 aromatic rings. The van der Waals surface area contributed by atoms with E-state index < -0.39 is 6.09 Å². The molecule has 1 amide bonds. The maximum Gasteiger partial charge on any atom is 0.412 e. The molecule has 1 aromatic heterocycles. The van der Waals surface area contributed by atoms with Gasteiger partial charge in [-0.1, -0.05) is 12.1 Å². The number of aromatic amines is 1. The first-order chi connectivity index (χ1) is 13.1. The summed E-state index contributed by atoms with van der Waals surface area (Å²) in [6.07, 6.45) is -0.625. The van der Waals surface area contributed by atoms with Gasteiger partial charge in [-0.2, -0.15) is 0 Å². The van der Waals surface area contributed by atoms with Gasteiger partial charge in [0, 0.05) is 28.2 Å². The van der Waals surface area contributed by atoms with Gasteiger partial charge in [0.1, 0.15) is 19.8 Å². The van der Waals surface area contributed by atoms with Crippen LogP contribution in [-0.4, -0.2) is 24.3 Å². The number of fused-ring (bicyclic) bond motifs is 2. The van der Waals surface area contributed by atoms with Crippen LogP contribution >= 0.6 is 0 Å². The Kier molecular flexibility index (Phi) is 4.42. The Balaban J connectivity index is 1.46. The normalized spacial score (nSPS) is 12.6. The molecule has 2 N–H and O–H groups in total. The molecular weight excluding hydrogens is 348 g/mol. The fraction of sp³-hybridized carbons (Fsp3) is 0.200. The molecule has 0 saturated carbocycles. The average Bonchev–Trinajstić information content (AvgIpc) is 2.69. The summed E-state index contributed by atoms with van der Waals surface area (Å²) in [7, 11) is 0. The molecule has 0 bridgehead atoms. The van der Waals surface area contributed by atoms with Gasteiger partial charge < -0.3 is 19.2 Å². The van der Waals surface area contributed by atoms with E-state index in [9.17, 15) is 9.59 Å². The van der Waals surface area contributed by atoms with E-state index in [2.05, 4.69) is 10.3 Å². The minimum Gasteiger partial charge on any atom is -0.486 e. The summed E-state index contributed by atoms with van der Waals surface area (Å²) in [6, 6.07) is 12.3. The molecule has 4 rings (SSSR count). The lowest BCUT2D eigenvalue weighted by molar-refractivity contribution is 0.153. The Morgan fingerprint density at radius 2 is 1.93 bits per heavy atom. The van der Waals surface area contributed by atoms with Gasteiger partial charge in [0.2, 0.25) is 0 Å². The molecule has 0 unspecified atom stereocenters. The Labute approximate surface area is 154 Å². The van der Waals surface area contributed by atoms with Crippen molar-refractivity contribution in [1.82, 2.24) is 4.98 Å². The summed E-state index contributed by atoms with van der Waals surface area (Å²) in [6.45, 7) is 2.64. The molecule has 0 radical (unpaired) electrons. The molecule has 0 fully saturated rings. The number of carbonyl (C=O) groups excluding carboxylic acids is 1. The van der Waals surface area contributed by atoms with Crippen LogP contribution in [0.15, 0.2) is 47.3 Å². The standard InChI is InChI=1S/C20H18N2O5/c1-12-16(22-15-5-3-2-4-14(15)19(12)23)11-27-20(24)21-13-6-7-17-18(10-13)26-9-8-25-17/h2-7,10H,8-9,11H2,1H3,(H,21,24)(H,22,23). The second-order valence-corrected chi connectivity index (χ2v) is 6.16. The summed E-state index contributed by atoms with van der Waals surface area (Å²) in [5.74, 6) is 1.22. The van der Waals surface area contributed by atoms with Gasteiger partial charge in [-0.05, 0) is 31.2 Å². The van der Waals surface area contributed by atoms with Gasteiger partial charge in [0.05, 0.1) is 5.69 Å². The average molecular weight is 366 g/mol. The van der Waals surface area contributed by atoms with Crippen LogP contribution < -0.4 is 20.2 Å². The summed E-state index contributed by atoms with van der Waals surface area (Å²) in [4.78, 5) is 27.7. The van der Waals surface area contributed by atoms with Crippen LogP contribution in [0.4, 0.5) is 10.5 Å². The summed E-state index contributed by atoms with van der Waals surface area (Å²) < 4.78 is 16.2. The topological polar surface area (TPSA) is 89.7 Å². The van der Waals surface area contributed by atoms with E-state index >= 15 is 0 Å². The lowest BCUT2D eigenvalue weighted by atomic mass is 10.1. The second-order valence-electron chi connectivity index (χ2n) is 6.16. The molecule has 1 aliphatic heterocycles. The molecule has 2 aromatic carbocycles. The predicted molar refractivity (Wildman–Crippen MR) is 101 cm³/mol. The van der Waals surface area contributed by atoms with E-state index in [0.717, 1.165) is 0 Å². The first kappa shape index (κ1) is 17.0. The number of ether oxygens (including phenoxy) is 3. The Morgan fingerprint density at radius 1 is 1.15 bits per heavy atom. The van der Waals surface area contributed by atoms with Gasteiger partial charge >= 0.3 is 6.09 Å². The Bertz CT molecular complexity index is 1070. The zero-order valence-corrected chi connectivity index (χ0v) is 14.7. The molecule has 27 heavy (non-hydrogen) atoms. The van der Waals surface area contributed by atoms with Crippen molar-refractivity contribution in [2.75, 3.05) is 18.5 Å². The monoisotopic (exact) mass is 366 g/mol. The van der Waals surface area contributed by atoms with Crippen molar-refractivity contribution in [3.63, 3.8) is 0 Å². The van der Waals surface area contributed by atoms with E-state index in [0.29, 0.717) is 52.6 Å². The highest BCUT2D eigenvalue weighted by Gasteiger charge is 2.14. The van der Waals surface area contributed by atoms with Crippen LogP contribution in [0.2, 0.25) is 0 Å². The number of hydrogen-bond acceptors (Lipinski definition) is 5. The number of H-pyrrole nitrogens is 1. The zero-order valence-electron chi connectivity index (χ0n) is 14.7. The van der Waals surface area contributed by atoms with Crippen LogP contribution in [0.5, 0.6) is 11.5 Å². The first-order valence-electron chi connectivity index (χ1n) is 8.56. The Hall–Kier alpha value is -3.48. The molecular formula is C20H18N2O5. The summed E-state index contributed by atoms with van der Waals surface area (Å²) in [5, 5.41) is 3.26. The quantitative estimate of drug-likeness (QED) is 0.742. The second kappa shape index (κ2) is 7.03.